The smallest absolute Gasteiger partial charge is 0.308 e. The summed E-state index contributed by atoms with van der Waals surface area (Å²) < 4.78 is 23.4. The monoisotopic (exact) mass is 338 g/mol. The summed E-state index contributed by atoms with van der Waals surface area (Å²) in [5, 5.41) is 2.09. The Morgan fingerprint density at radius 3 is 2.60 bits per heavy atom. The quantitative estimate of drug-likeness (QED) is 0.622. The van der Waals surface area contributed by atoms with Crippen LogP contribution in [0.5, 0.6) is 11.5 Å². The molecule has 2 aliphatic heterocycles. The van der Waals surface area contributed by atoms with Gasteiger partial charge in [-0.3, -0.25) is 4.79 Å². The molecule has 1 aliphatic carbocycles. The lowest BCUT2D eigenvalue weighted by molar-refractivity contribution is -0.143. The Balaban J connectivity index is 1.48. The zero-order chi connectivity index (χ0) is 17.0. The predicted octanol–water partition coefficient (Wildman–Crippen LogP) is 3.21. The van der Waals surface area contributed by atoms with E-state index in [-0.39, 0.29) is 30.5 Å². The fraction of sp³-hybridized carbons (Fsp3) is 0.350. The SMILES string of the molecule is COC(=O)CC1CC2C(C=CC23Oc2cccc4cccc(c24)O3)O1. The number of carbonyl (C=O) groups excluding carboxylic acids is 1. The molecule has 1 fully saturated rings. The minimum absolute atomic E-state index is 0.00534. The van der Waals surface area contributed by atoms with Gasteiger partial charge in [-0.1, -0.05) is 30.3 Å². The van der Waals surface area contributed by atoms with Gasteiger partial charge in [0.15, 0.2) is 0 Å². The maximum Gasteiger partial charge on any atom is 0.308 e. The van der Waals surface area contributed by atoms with Crippen LogP contribution in [-0.4, -0.2) is 31.1 Å². The third-order valence-electron chi connectivity index (χ3n) is 5.29. The van der Waals surface area contributed by atoms with Crippen LogP contribution in [0.4, 0.5) is 0 Å². The molecule has 3 aliphatic rings. The normalized spacial score (nSPS) is 27.8. The summed E-state index contributed by atoms with van der Waals surface area (Å²) in [6, 6.07) is 12.0. The summed E-state index contributed by atoms with van der Waals surface area (Å²) in [6.07, 6.45) is 4.58. The fourth-order valence-electron chi connectivity index (χ4n) is 4.14. The van der Waals surface area contributed by atoms with Gasteiger partial charge in [0.25, 0.3) is 5.79 Å². The van der Waals surface area contributed by atoms with Gasteiger partial charge in [0, 0.05) is 0 Å². The van der Waals surface area contributed by atoms with Crippen LogP contribution in [0, 0.1) is 5.92 Å². The number of methoxy groups -OCH3 is 1. The second kappa shape index (κ2) is 5.23. The van der Waals surface area contributed by atoms with Gasteiger partial charge in [0.05, 0.1) is 37.0 Å². The summed E-state index contributed by atoms with van der Waals surface area (Å²) in [7, 11) is 1.39. The Bertz CT molecular complexity index is 846. The molecular weight excluding hydrogens is 320 g/mol. The molecule has 25 heavy (non-hydrogen) atoms. The Morgan fingerprint density at radius 1 is 1.20 bits per heavy atom. The topological polar surface area (TPSA) is 54.0 Å². The van der Waals surface area contributed by atoms with Gasteiger partial charge in [0.1, 0.15) is 11.5 Å². The Hall–Kier alpha value is -2.53. The average Bonchev–Trinajstić information content (AvgIpc) is 3.16. The van der Waals surface area contributed by atoms with Crippen LogP contribution in [0.2, 0.25) is 0 Å². The molecule has 0 bridgehead atoms. The van der Waals surface area contributed by atoms with Gasteiger partial charge in [-0.2, -0.15) is 0 Å². The molecular formula is C20H18O5. The highest BCUT2D eigenvalue weighted by Crippen LogP contribution is 2.50. The molecule has 1 spiro atoms. The van der Waals surface area contributed by atoms with Crippen molar-refractivity contribution < 1.29 is 23.7 Å². The minimum atomic E-state index is -0.877. The molecule has 2 aromatic rings. The van der Waals surface area contributed by atoms with Gasteiger partial charge in [0.2, 0.25) is 0 Å². The van der Waals surface area contributed by atoms with Gasteiger partial charge in [-0.25, -0.2) is 0 Å². The maximum absolute atomic E-state index is 11.6. The van der Waals surface area contributed by atoms with Crippen LogP contribution in [0.3, 0.4) is 0 Å². The van der Waals surface area contributed by atoms with Crippen LogP contribution in [0.25, 0.3) is 10.8 Å². The molecule has 0 amide bonds. The van der Waals surface area contributed by atoms with Crippen molar-refractivity contribution in [3.8, 4) is 11.5 Å². The zero-order valence-corrected chi connectivity index (χ0v) is 13.8. The average molecular weight is 338 g/mol. The zero-order valence-electron chi connectivity index (χ0n) is 13.8. The summed E-state index contributed by atoms with van der Waals surface area (Å²) in [5.74, 6) is 0.509. The molecule has 5 rings (SSSR count). The lowest BCUT2D eigenvalue weighted by atomic mass is 9.93. The number of fused-ring (bicyclic) bond motifs is 2. The highest BCUT2D eigenvalue weighted by molar-refractivity contribution is 5.94. The van der Waals surface area contributed by atoms with E-state index in [0.717, 1.165) is 22.3 Å². The Labute approximate surface area is 145 Å². The summed E-state index contributed by atoms with van der Waals surface area (Å²) >= 11 is 0. The van der Waals surface area contributed by atoms with Crippen molar-refractivity contribution in [3.63, 3.8) is 0 Å². The lowest BCUT2D eigenvalue weighted by Gasteiger charge is -2.38. The molecule has 5 nitrogen and oxygen atoms in total. The third-order valence-corrected chi connectivity index (χ3v) is 5.29. The molecule has 0 aromatic heterocycles. The van der Waals surface area contributed by atoms with E-state index in [1.54, 1.807) is 0 Å². The molecule has 5 heteroatoms. The molecule has 0 radical (unpaired) electrons. The van der Waals surface area contributed by atoms with Crippen molar-refractivity contribution in [2.45, 2.75) is 30.8 Å². The first-order valence-electron chi connectivity index (χ1n) is 8.50. The highest BCUT2D eigenvalue weighted by atomic mass is 16.7. The number of hydrogen-bond acceptors (Lipinski definition) is 5. The predicted molar refractivity (Wildman–Crippen MR) is 90.5 cm³/mol. The summed E-state index contributed by atoms with van der Waals surface area (Å²) in [6.45, 7) is 0. The van der Waals surface area contributed by atoms with E-state index in [9.17, 15) is 4.79 Å². The molecule has 3 atom stereocenters. The largest absolute Gasteiger partial charge is 0.469 e. The van der Waals surface area contributed by atoms with Crippen molar-refractivity contribution in [1.82, 2.24) is 0 Å². The standard InChI is InChI=1S/C20H18O5/c1-22-18(21)11-13-10-14-15(23-13)8-9-20(14)24-16-6-2-4-12-5-3-7-17(25-20)19(12)16/h2-9,13-15H,10-11H2,1H3. The Kier molecular flexibility index (Phi) is 3.09. The van der Waals surface area contributed by atoms with E-state index in [0.29, 0.717) is 6.42 Å². The van der Waals surface area contributed by atoms with Gasteiger partial charge in [-0.05, 0) is 30.0 Å². The highest BCUT2D eigenvalue weighted by Gasteiger charge is 2.56. The first-order chi connectivity index (χ1) is 12.2. The minimum Gasteiger partial charge on any atom is -0.469 e. The van der Waals surface area contributed by atoms with Gasteiger partial charge < -0.3 is 18.9 Å². The number of carbonyl (C=O) groups is 1. The van der Waals surface area contributed by atoms with E-state index >= 15 is 0 Å². The van der Waals surface area contributed by atoms with E-state index < -0.39 is 5.79 Å². The summed E-state index contributed by atoms with van der Waals surface area (Å²) in [4.78, 5) is 11.6. The lowest BCUT2D eigenvalue weighted by Crippen LogP contribution is -2.48. The first-order valence-corrected chi connectivity index (χ1v) is 8.50. The first kappa shape index (κ1) is 14.8. The van der Waals surface area contributed by atoms with Crippen molar-refractivity contribution >= 4 is 16.7 Å². The van der Waals surface area contributed by atoms with Crippen LogP contribution in [0.1, 0.15) is 12.8 Å². The second-order valence-corrected chi connectivity index (χ2v) is 6.74. The van der Waals surface area contributed by atoms with Crippen LogP contribution in [0.15, 0.2) is 48.6 Å². The fourth-order valence-corrected chi connectivity index (χ4v) is 4.14. The second-order valence-electron chi connectivity index (χ2n) is 6.74. The number of ether oxygens (including phenoxy) is 4. The van der Waals surface area contributed by atoms with Gasteiger partial charge >= 0.3 is 5.97 Å². The number of hydrogen-bond donors (Lipinski definition) is 0. The van der Waals surface area contributed by atoms with Crippen molar-refractivity contribution in [2.75, 3.05) is 7.11 Å². The van der Waals surface area contributed by atoms with E-state index in [1.165, 1.54) is 7.11 Å². The number of rotatable bonds is 2. The number of benzene rings is 2. The molecule has 2 heterocycles. The van der Waals surface area contributed by atoms with Crippen molar-refractivity contribution in [2.24, 2.45) is 5.92 Å². The number of esters is 1. The molecule has 0 saturated carbocycles. The van der Waals surface area contributed by atoms with E-state index in [1.807, 2.05) is 48.6 Å². The maximum atomic E-state index is 11.6. The van der Waals surface area contributed by atoms with E-state index in [2.05, 4.69) is 0 Å². The Morgan fingerprint density at radius 2 is 1.92 bits per heavy atom. The molecule has 2 aromatic carbocycles. The third kappa shape index (κ3) is 2.15. The van der Waals surface area contributed by atoms with Crippen molar-refractivity contribution in [3.05, 3.63) is 48.6 Å². The molecule has 1 saturated heterocycles. The van der Waals surface area contributed by atoms with Crippen molar-refractivity contribution in [1.29, 1.82) is 0 Å². The van der Waals surface area contributed by atoms with Crippen LogP contribution < -0.4 is 9.47 Å². The molecule has 3 unspecified atom stereocenters. The van der Waals surface area contributed by atoms with Crippen LogP contribution in [-0.2, 0) is 14.3 Å². The van der Waals surface area contributed by atoms with Crippen LogP contribution >= 0.6 is 0 Å². The van der Waals surface area contributed by atoms with E-state index in [4.69, 9.17) is 18.9 Å². The molecule has 0 N–H and O–H groups in total. The summed E-state index contributed by atoms with van der Waals surface area (Å²) in [5.41, 5.74) is 0. The molecule has 128 valence electrons. The van der Waals surface area contributed by atoms with Gasteiger partial charge in [-0.15, -0.1) is 0 Å².